The summed E-state index contributed by atoms with van der Waals surface area (Å²) in [6, 6.07) is 11.1. The zero-order chi connectivity index (χ0) is 18.5. The highest BCUT2D eigenvalue weighted by Crippen LogP contribution is 2.32. The van der Waals surface area contributed by atoms with Gasteiger partial charge in [-0.15, -0.1) is 0 Å². The van der Waals surface area contributed by atoms with Crippen molar-refractivity contribution in [3.63, 3.8) is 0 Å². The minimum Gasteiger partial charge on any atom is -0.507 e. The van der Waals surface area contributed by atoms with E-state index in [0.29, 0.717) is 22.5 Å². The van der Waals surface area contributed by atoms with Crippen molar-refractivity contribution in [3.8, 4) is 5.75 Å². The van der Waals surface area contributed by atoms with E-state index in [1.54, 1.807) is 6.08 Å². The molecular formula is C22H24N2O2. The minimum atomic E-state index is -0.213. The molecule has 134 valence electrons. The van der Waals surface area contributed by atoms with E-state index >= 15 is 0 Å². The number of phenolic OH excluding ortho intramolecular Hbond substituents is 1. The SMILES string of the molecule is CCCCCCc1ccc(N=C2C=CC(=O)c3c(N)ccc(O)c32)cc1. The van der Waals surface area contributed by atoms with Gasteiger partial charge >= 0.3 is 0 Å². The fraction of sp³-hybridized carbons (Fsp3) is 0.273. The molecule has 0 atom stereocenters. The topological polar surface area (TPSA) is 75.7 Å². The molecule has 2 aromatic rings. The summed E-state index contributed by atoms with van der Waals surface area (Å²) in [6.45, 7) is 2.21. The van der Waals surface area contributed by atoms with Gasteiger partial charge in [-0.25, -0.2) is 4.99 Å². The molecule has 2 aromatic carbocycles. The molecular weight excluding hydrogens is 324 g/mol. The average molecular weight is 348 g/mol. The van der Waals surface area contributed by atoms with Crippen LogP contribution in [0.15, 0.2) is 53.5 Å². The van der Waals surface area contributed by atoms with Crippen LogP contribution in [0.3, 0.4) is 0 Å². The van der Waals surface area contributed by atoms with Crippen LogP contribution in [0.4, 0.5) is 11.4 Å². The van der Waals surface area contributed by atoms with Gasteiger partial charge in [0.2, 0.25) is 0 Å². The van der Waals surface area contributed by atoms with Crippen LogP contribution in [0.1, 0.15) is 54.1 Å². The number of fused-ring (bicyclic) bond motifs is 1. The van der Waals surface area contributed by atoms with Crippen molar-refractivity contribution in [1.29, 1.82) is 0 Å². The number of benzene rings is 2. The van der Waals surface area contributed by atoms with Crippen molar-refractivity contribution in [2.24, 2.45) is 4.99 Å². The zero-order valence-electron chi connectivity index (χ0n) is 15.0. The molecule has 0 aromatic heterocycles. The fourth-order valence-corrected chi connectivity index (χ4v) is 3.18. The number of anilines is 1. The van der Waals surface area contributed by atoms with Crippen LogP contribution in [0.5, 0.6) is 5.75 Å². The Labute approximate surface area is 154 Å². The number of carbonyl (C=O) groups is 1. The first-order chi connectivity index (χ1) is 12.6. The predicted octanol–water partition coefficient (Wildman–Crippen LogP) is 4.97. The van der Waals surface area contributed by atoms with Gasteiger partial charge in [-0.05, 0) is 54.8 Å². The van der Waals surface area contributed by atoms with Gasteiger partial charge in [0.15, 0.2) is 5.78 Å². The summed E-state index contributed by atoms with van der Waals surface area (Å²) in [7, 11) is 0. The number of aromatic hydroxyl groups is 1. The third kappa shape index (κ3) is 3.85. The van der Waals surface area contributed by atoms with E-state index in [9.17, 15) is 9.90 Å². The molecule has 1 aliphatic carbocycles. The molecule has 0 heterocycles. The molecule has 3 N–H and O–H groups in total. The molecule has 26 heavy (non-hydrogen) atoms. The van der Waals surface area contributed by atoms with Gasteiger partial charge in [-0.3, -0.25) is 4.79 Å². The molecule has 4 heteroatoms. The molecule has 4 nitrogen and oxygen atoms in total. The molecule has 1 aliphatic rings. The fourth-order valence-electron chi connectivity index (χ4n) is 3.18. The first kappa shape index (κ1) is 17.9. The number of hydrogen-bond donors (Lipinski definition) is 2. The Bertz CT molecular complexity index is 864. The average Bonchev–Trinajstić information content (AvgIpc) is 2.65. The number of allylic oxidation sites excluding steroid dienone is 2. The van der Waals surface area contributed by atoms with E-state index < -0.39 is 0 Å². The largest absolute Gasteiger partial charge is 0.507 e. The molecule has 0 aliphatic heterocycles. The Kier molecular flexibility index (Phi) is 5.52. The summed E-state index contributed by atoms with van der Waals surface area (Å²) in [5.41, 5.74) is 9.62. The number of carbonyl (C=O) groups excluding carboxylic acids is 1. The van der Waals surface area contributed by atoms with E-state index in [1.165, 1.54) is 49.5 Å². The number of nitrogen functional groups attached to an aromatic ring is 1. The van der Waals surface area contributed by atoms with Crippen molar-refractivity contribution in [2.45, 2.75) is 39.0 Å². The number of ketones is 1. The maximum atomic E-state index is 12.1. The summed E-state index contributed by atoms with van der Waals surface area (Å²) in [6.07, 6.45) is 9.13. The Hall–Kier alpha value is -2.88. The zero-order valence-corrected chi connectivity index (χ0v) is 15.0. The lowest BCUT2D eigenvalue weighted by Crippen LogP contribution is -2.15. The van der Waals surface area contributed by atoms with Crippen molar-refractivity contribution in [3.05, 3.63) is 65.2 Å². The molecule has 3 rings (SSSR count). The van der Waals surface area contributed by atoms with E-state index in [-0.39, 0.29) is 11.5 Å². The number of nitrogens with zero attached hydrogens (tertiary/aromatic N) is 1. The van der Waals surface area contributed by atoms with Crippen molar-refractivity contribution >= 4 is 22.9 Å². The molecule has 0 radical (unpaired) electrons. The Morgan fingerprint density at radius 2 is 1.73 bits per heavy atom. The van der Waals surface area contributed by atoms with Crippen molar-refractivity contribution in [2.75, 3.05) is 5.73 Å². The molecule has 0 bridgehead atoms. The van der Waals surface area contributed by atoms with E-state index in [1.807, 2.05) is 12.1 Å². The van der Waals surface area contributed by atoms with Crippen molar-refractivity contribution < 1.29 is 9.90 Å². The summed E-state index contributed by atoms with van der Waals surface area (Å²) < 4.78 is 0. The lowest BCUT2D eigenvalue weighted by atomic mass is 9.92. The van der Waals surface area contributed by atoms with Crippen LogP contribution in [-0.2, 0) is 6.42 Å². The number of aliphatic imine (C=N–C) groups is 1. The van der Waals surface area contributed by atoms with Gasteiger partial charge in [-0.1, -0.05) is 38.3 Å². The highest BCUT2D eigenvalue weighted by Gasteiger charge is 2.23. The van der Waals surface area contributed by atoms with Gasteiger partial charge in [0, 0.05) is 5.69 Å². The quantitative estimate of drug-likeness (QED) is 0.439. The third-order valence-corrected chi connectivity index (χ3v) is 4.62. The van der Waals surface area contributed by atoms with Crippen LogP contribution in [0, 0.1) is 0 Å². The molecule has 0 fully saturated rings. The van der Waals surface area contributed by atoms with E-state index in [0.717, 1.165) is 12.1 Å². The summed E-state index contributed by atoms with van der Waals surface area (Å²) in [5, 5.41) is 10.2. The number of phenols is 1. The van der Waals surface area contributed by atoms with Crippen molar-refractivity contribution in [1.82, 2.24) is 0 Å². The maximum absolute atomic E-state index is 12.1. The van der Waals surface area contributed by atoms with Crippen LogP contribution in [0.25, 0.3) is 0 Å². The van der Waals surface area contributed by atoms with Gasteiger partial charge in [0.25, 0.3) is 0 Å². The number of rotatable bonds is 6. The molecule has 0 amide bonds. The second-order valence-corrected chi connectivity index (χ2v) is 6.60. The maximum Gasteiger partial charge on any atom is 0.188 e. The number of unbranched alkanes of at least 4 members (excludes halogenated alkanes) is 3. The number of aryl methyl sites for hydroxylation is 1. The van der Waals surface area contributed by atoms with Crippen LogP contribution in [0.2, 0.25) is 0 Å². The Morgan fingerprint density at radius 3 is 2.46 bits per heavy atom. The predicted molar refractivity (Wildman–Crippen MR) is 106 cm³/mol. The Morgan fingerprint density at radius 1 is 0.962 bits per heavy atom. The standard InChI is InChI=1S/C22H24N2O2/c1-2-3-4-5-6-15-7-9-16(10-8-15)24-18-12-14-19(25)21-17(23)11-13-20(26)22(18)21/h7-14,26H,2-6,23H2,1H3. The highest BCUT2D eigenvalue weighted by molar-refractivity contribution is 6.27. The Balaban J connectivity index is 1.84. The molecule has 0 spiro atoms. The lowest BCUT2D eigenvalue weighted by molar-refractivity contribution is 0.104. The number of nitrogens with two attached hydrogens (primary N) is 1. The van der Waals surface area contributed by atoms with Gasteiger partial charge in [-0.2, -0.15) is 0 Å². The third-order valence-electron chi connectivity index (χ3n) is 4.62. The van der Waals surface area contributed by atoms with Gasteiger partial charge in [0.05, 0.1) is 22.5 Å². The second kappa shape index (κ2) is 8.00. The van der Waals surface area contributed by atoms with Gasteiger partial charge in [0.1, 0.15) is 5.75 Å². The van der Waals surface area contributed by atoms with Crippen LogP contribution in [-0.4, -0.2) is 16.6 Å². The number of hydrogen-bond acceptors (Lipinski definition) is 4. The monoisotopic (exact) mass is 348 g/mol. The molecule has 0 unspecified atom stereocenters. The van der Waals surface area contributed by atoms with Crippen LogP contribution >= 0.6 is 0 Å². The smallest absolute Gasteiger partial charge is 0.188 e. The normalized spacial score (nSPS) is 14.7. The molecule has 0 saturated carbocycles. The summed E-state index contributed by atoms with van der Waals surface area (Å²) in [5.74, 6) is -0.201. The summed E-state index contributed by atoms with van der Waals surface area (Å²) >= 11 is 0. The lowest BCUT2D eigenvalue weighted by Gasteiger charge is -2.16. The van der Waals surface area contributed by atoms with E-state index in [2.05, 4.69) is 24.0 Å². The summed E-state index contributed by atoms with van der Waals surface area (Å²) in [4.78, 5) is 16.7. The van der Waals surface area contributed by atoms with E-state index in [4.69, 9.17) is 5.73 Å². The van der Waals surface area contributed by atoms with Crippen LogP contribution < -0.4 is 5.73 Å². The first-order valence-corrected chi connectivity index (χ1v) is 9.12. The highest BCUT2D eigenvalue weighted by atomic mass is 16.3. The second-order valence-electron chi connectivity index (χ2n) is 6.60. The van der Waals surface area contributed by atoms with Gasteiger partial charge < -0.3 is 10.8 Å². The minimum absolute atomic E-state index is 0.0122. The molecule has 0 saturated heterocycles. The first-order valence-electron chi connectivity index (χ1n) is 9.12.